The summed E-state index contributed by atoms with van der Waals surface area (Å²) in [4.78, 5) is 16.3. The molecule has 0 aliphatic rings. The number of anilines is 3. The van der Waals surface area contributed by atoms with Gasteiger partial charge in [0.15, 0.2) is 5.82 Å². The molecule has 4 N–H and O–H groups in total. The minimum atomic E-state index is -4.87. The van der Waals surface area contributed by atoms with Crippen molar-refractivity contribution in [3.05, 3.63) is 71.9 Å². The van der Waals surface area contributed by atoms with Crippen molar-refractivity contribution in [1.82, 2.24) is 14.6 Å². The summed E-state index contributed by atoms with van der Waals surface area (Å²) in [5.74, 6) is -1.08. The van der Waals surface area contributed by atoms with E-state index in [-0.39, 0.29) is 5.69 Å². The fourth-order valence-corrected chi connectivity index (χ4v) is 3.51. The van der Waals surface area contributed by atoms with Crippen LogP contribution in [-0.4, -0.2) is 20.6 Å². The second kappa shape index (κ2) is 8.41. The third-order valence-electron chi connectivity index (χ3n) is 5.02. The lowest BCUT2D eigenvalue weighted by Gasteiger charge is -2.12. The van der Waals surface area contributed by atoms with Gasteiger partial charge < -0.3 is 16.4 Å². The number of carbonyl (C=O) groups excluding carboxylic acids is 1. The summed E-state index contributed by atoms with van der Waals surface area (Å²) in [5.41, 5.74) is 8.18. The number of urea groups is 1. The molecule has 4 rings (SSSR count). The van der Waals surface area contributed by atoms with Gasteiger partial charge >= 0.3 is 12.2 Å². The van der Waals surface area contributed by atoms with Gasteiger partial charge in [-0.15, -0.1) is 0 Å². The van der Waals surface area contributed by atoms with Crippen LogP contribution in [0.2, 0.25) is 0 Å². The number of aryl methyl sites for hydroxylation is 1. The first-order valence-corrected chi connectivity index (χ1v) is 9.83. The van der Waals surface area contributed by atoms with E-state index >= 15 is 0 Å². The number of amides is 2. The van der Waals surface area contributed by atoms with E-state index in [4.69, 9.17) is 5.73 Å². The Hall–Kier alpha value is -4.15. The van der Waals surface area contributed by atoms with Gasteiger partial charge in [0.1, 0.15) is 17.7 Å². The Balaban J connectivity index is 1.54. The SMILES string of the molecule is CCc1cn2ncnc(N)c2c1-c1ccc(NC(=O)Nc2ccc(F)c(C(F)(F)F)c2)cc1. The summed E-state index contributed by atoms with van der Waals surface area (Å²) < 4.78 is 53.7. The smallest absolute Gasteiger partial charge is 0.382 e. The molecule has 0 bridgehead atoms. The van der Waals surface area contributed by atoms with Crippen LogP contribution in [-0.2, 0) is 12.6 Å². The summed E-state index contributed by atoms with van der Waals surface area (Å²) in [7, 11) is 0. The van der Waals surface area contributed by atoms with Crippen LogP contribution in [0.15, 0.2) is 55.0 Å². The zero-order chi connectivity index (χ0) is 23.8. The summed E-state index contributed by atoms with van der Waals surface area (Å²) in [6.07, 6.45) is -0.891. The number of nitrogens with two attached hydrogens (primary N) is 1. The number of carbonyl (C=O) groups is 1. The van der Waals surface area contributed by atoms with Crippen LogP contribution >= 0.6 is 0 Å². The Labute approximate surface area is 185 Å². The minimum absolute atomic E-state index is 0.193. The molecule has 0 radical (unpaired) electrons. The number of fused-ring (bicyclic) bond motifs is 1. The van der Waals surface area contributed by atoms with E-state index in [2.05, 4.69) is 20.7 Å². The van der Waals surface area contributed by atoms with Crippen LogP contribution in [0.25, 0.3) is 16.6 Å². The number of nitrogens with zero attached hydrogens (tertiary/aromatic N) is 3. The van der Waals surface area contributed by atoms with E-state index in [0.717, 1.165) is 29.2 Å². The maximum atomic E-state index is 13.4. The fourth-order valence-electron chi connectivity index (χ4n) is 3.51. The highest BCUT2D eigenvalue weighted by Crippen LogP contribution is 2.34. The molecule has 2 aromatic heterocycles. The molecule has 170 valence electrons. The first kappa shape index (κ1) is 22.1. The Kier molecular flexibility index (Phi) is 5.62. The predicted molar refractivity (Wildman–Crippen MR) is 116 cm³/mol. The molecule has 0 spiro atoms. The van der Waals surface area contributed by atoms with Crippen molar-refractivity contribution in [1.29, 1.82) is 0 Å². The van der Waals surface area contributed by atoms with Crippen molar-refractivity contribution in [3.8, 4) is 11.1 Å². The van der Waals surface area contributed by atoms with Crippen LogP contribution in [0.5, 0.6) is 0 Å². The Morgan fingerprint density at radius 2 is 1.76 bits per heavy atom. The molecule has 2 aromatic carbocycles. The second-order valence-corrected chi connectivity index (χ2v) is 7.17. The van der Waals surface area contributed by atoms with Gasteiger partial charge in [-0.1, -0.05) is 19.1 Å². The van der Waals surface area contributed by atoms with Gasteiger partial charge in [-0.2, -0.15) is 18.3 Å². The lowest BCUT2D eigenvalue weighted by atomic mass is 10.0. The highest BCUT2D eigenvalue weighted by molar-refractivity contribution is 6.00. The van der Waals surface area contributed by atoms with Gasteiger partial charge in [-0.3, -0.25) is 0 Å². The van der Waals surface area contributed by atoms with Crippen LogP contribution in [0.1, 0.15) is 18.1 Å². The van der Waals surface area contributed by atoms with E-state index in [1.54, 1.807) is 28.8 Å². The number of hydrogen-bond acceptors (Lipinski definition) is 4. The molecule has 2 heterocycles. The van der Waals surface area contributed by atoms with E-state index in [1.165, 1.54) is 6.33 Å². The molecular formula is C22H18F4N6O. The summed E-state index contributed by atoms with van der Waals surface area (Å²) in [6, 6.07) is 8.29. The molecule has 0 fully saturated rings. The van der Waals surface area contributed by atoms with Crippen LogP contribution in [0.4, 0.5) is 39.5 Å². The molecular weight excluding hydrogens is 440 g/mol. The molecule has 4 aromatic rings. The molecule has 7 nitrogen and oxygen atoms in total. The third-order valence-corrected chi connectivity index (χ3v) is 5.02. The van der Waals surface area contributed by atoms with Gasteiger partial charge in [0.25, 0.3) is 0 Å². The zero-order valence-corrected chi connectivity index (χ0v) is 17.2. The molecule has 0 aliphatic carbocycles. The quantitative estimate of drug-likeness (QED) is 0.360. The van der Waals surface area contributed by atoms with Crippen molar-refractivity contribution in [2.45, 2.75) is 19.5 Å². The average Bonchev–Trinajstić information content (AvgIpc) is 3.15. The number of rotatable bonds is 4. The van der Waals surface area contributed by atoms with Gasteiger partial charge in [-0.25, -0.2) is 18.7 Å². The fraction of sp³-hybridized carbons (Fsp3) is 0.136. The number of nitrogen functional groups attached to an aromatic ring is 1. The van der Waals surface area contributed by atoms with Crippen molar-refractivity contribution in [2.24, 2.45) is 0 Å². The molecule has 0 aliphatic heterocycles. The first-order valence-electron chi connectivity index (χ1n) is 9.83. The van der Waals surface area contributed by atoms with Gasteiger partial charge in [0.05, 0.1) is 5.56 Å². The summed E-state index contributed by atoms with van der Waals surface area (Å²) in [5, 5.41) is 8.99. The Bertz CT molecular complexity index is 1330. The summed E-state index contributed by atoms with van der Waals surface area (Å²) >= 11 is 0. The lowest BCUT2D eigenvalue weighted by molar-refractivity contribution is -0.139. The topological polar surface area (TPSA) is 97.3 Å². The zero-order valence-electron chi connectivity index (χ0n) is 17.2. The average molecular weight is 458 g/mol. The van der Waals surface area contributed by atoms with Crippen LogP contribution in [0.3, 0.4) is 0 Å². The lowest BCUT2D eigenvalue weighted by Crippen LogP contribution is -2.20. The van der Waals surface area contributed by atoms with Gasteiger partial charge in [0, 0.05) is 23.1 Å². The van der Waals surface area contributed by atoms with Gasteiger partial charge in [0.2, 0.25) is 0 Å². The Morgan fingerprint density at radius 1 is 1.09 bits per heavy atom. The highest BCUT2D eigenvalue weighted by atomic mass is 19.4. The molecule has 0 saturated carbocycles. The highest BCUT2D eigenvalue weighted by Gasteiger charge is 2.34. The minimum Gasteiger partial charge on any atom is -0.382 e. The van der Waals surface area contributed by atoms with Crippen LogP contribution in [0, 0.1) is 5.82 Å². The third kappa shape index (κ3) is 4.43. The first-order chi connectivity index (χ1) is 15.7. The maximum absolute atomic E-state index is 13.4. The second-order valence-electron chi connectivity index (χ2n) is 7.17. The van der Waals surface area contributed by atoms with E-state index in [0.29, 0.717) is 29.2 Å². The van der Waals surface area contributed by atoms with Crippen LogP contribution < -0.4 is 16.4 Å². The largest absolute Gasteiger partial charge is 0.419 e. The molecule has 0 atom stereocenters. The molecule has 11 heteroatoms. The summed E-state index contributed by atoms with van der Waals surface area (Å²) in [6.45, 7) is 2.00. The number of nitrogens with one attached hydrogen (secondary N) is 2. The maximum Gasteiger partial charge on any atom is 0.419 e. The molecule has 0 unspecified atom stereocenters. The predicted octanol–water partition coefficient (Wildman–Crippen LogP) is 5.34. The number of aromatic nitrogens is 3. The Morgan fingerprint density at radius 3 is 2.42 bits per heavy atom. The molecule has 33 heavy (non-hydrogen) atoms. The standard InChI is InChI=1S/C22H18F4N6O/c1-2-12-10-32-19(20(27)28-11-29-32)18(12)13-3-5-14(6-4-13)30-21(33)31-15-7-8-17(23)16(9-15)22(24,25)26/h3-11H,2H2,1H3,(H2,27,28,29)(H2,30,31,33). The number of hydrogen-bond donors (Lipinski definition) is 3. The van der Waals surface area contributed by atoms with Crippen molar-refractivity contribution >= 4 is 28.7 Å². The van der Waals surface area contributed by atoms with Crippen molar-refractivity contribution < 1.29 is 22.4 Å². The molecule has 0 saturated heterocycles. The van der Waals surface area contributed by atoms with E-state index < -0.39 is 23.6 Å². The van der Waals surface area contributed by atoms with E-state index in [1.807, 2.05) is 13.1 Å². The number of halogens is 4. The normalized spacial score (nSPS) is 11.5. The van der Waals surface area contributed by atoms with Gasteiger partial charge in [-0.05, 0) is 47.9 Å². The number of alkyl halides is 3. The monoisotopic (exact) mass is 458 g/mol. The molecule has 2 amide bonds. The van der Waals surface area contributed by atoms with Crippen molar-refractivity contribution in [3.63, 3.8) is 0 Å². The van der Waals surface area contributed by atoms with Crippen molar-refractivity contribution in [2.75, 3.05) is 16.4 Å². The number of benzene rings is 2. The van der Waals surface area contributed by atoms with E-state index in [9.17, 15) is 22.4 Å².